The van der Waals surface area contributed by atoms with E-state index in [4.69, 9.17) is 5.73 Å². The summed E-state index contributed by atoms with van der Waals surface area (Å²) in [6, 6.07) is 6.98. The lowest BCUT2D eigenvalue weighted by Gasteiger charge is -2.33. The van der Waals surface area contributed by atoms with Gasteiger partial charge in [0.1, 0.15) is 5.84 Å². The average Bonchev–Trinajstić information content (AvgIpc) is 3.38. The van der Waals surface area contributed by atoms with Gasteiger partial charge in [-0.25, -0.2) is 4.99 Å². The maximum Gasteiger partial charge on any atom is 0.416 e. The molecule has 0 bridgehead atoms. The summed E-state index contributed by atoms with van der Waals surface area (Å²) in [5.41, 5.74) is 6.91. The SMILES string of the molecule is CC(C)n1cc(C2=CNC(N)(c3cc(C(F)(F)F)cc(C(F)(F)F)c3)N=C2Nc2ccc3c(c2)CNCC3)cn1. The van der Waals surface area contributed by atoms with Gasteiger partial charge in [0.25, 0.3) is 0 Å². The fourth-order valence-electron chi connectivity index (χ4n) is 4.61. The molecule has 0 radical (unpaired) electrons. The van der Waals surface area contributed by atoms with Gasteiger partial charge in [0.05, 0.1) is 17.3 Å². The fourth-order valence-corrected chi connectivity index (χ4v) is 4.61. The molecule has 13 heteroatoms. The second-order valence-electron chi connectivity index (χ2n) is 10.1. The third-order valence-electron chi connectivity index (χ3n) is 6.80. The van der Waals surface area contributed by atoms with Gasteiger partial charge >= 0.3 is 12.4 Å². The zero-order chi connectivity index (χ0) is 28.9. The van der Waals surface area contributed by atoms with Gasteiger partial charge in [-0.3, -0.25) is 10.4 Å². The first-order valence-corrected chi connectivity index (χ1v) is 12.5. The Bertz CT molecular complexity index is 1450. The molecule has 3 aromatic rings. The Morgan fingerprint density at radius 2 is 1.70 bits per heavy atom. The maximum absolute atomic E-state index is 13.6. The number of nitrogens with zero attached hydrogens (tertiary/aromatic N) is 3. The standard InChI is InChI=1S/C27H27F6N7/c1-15(2)40-14-18(12-37-40)23-13-36-27(34,21-9-19(25(28,29)30)8-20(10-21)26(31,32)33)39-24(23)38-22-4-3-16-5-6-35-11-17(16)7-22/h3-4,7-10,12-15,35-36H,5-6,11,34H2,1-2H3,(H,38,39). The average molecular weight is 564 g/mol. The quantitative estimate of drug-likeness (QED) is 0.321. The van der Waals surface area contributed by atoms with Gasteiger partial charge < -0.3 is 16.0 Å². The first-order chi connectivity index (χ1) is 18.7. The van der Waals surface area contributed by atoms with Gasteiger partial charge in [-0.1, -0.05) is 6.07 Å². The normalized spacial score (nSPS) is 19.6. The summed E-state index contributed by atoms with van der Waals surface area (Å²) in [7, 11) is 0. The molecule has 212 valence electrons. The number of nitrogens with one attached hydrogen (secondary N) is 3. The molecular weight excluding hydrogens is 536 g/mol. The monoisotopic (exact) mass is 563 g/mol. The number of nitrogens with two attached hydrogens (primary N) is 1. The van der Waals surface area contributed by atoms with Crippen molar-refractivity contribution in [2.45, 2.75) is 51.0 Å². The third-order valence-corrected chi connectivity index (χ3v) is 6.80. The number of amidine groups is 1. The molecule has 2 aliphatic rings. The smallest absolute Gasteiger partial charge is 0.351 e. The van der Waals surface area contributed by atoms with Gasteiger partial charge in [0.15, 0.2) is 0 Å². The minimum atomic E-state index is -5.03. The largest absolute Gasteiger partial charge is 0.416 e. The fraction of sp³-hybridized carbons (Fsp3) is 0.333. The molecule has 0 aliphatic carbocycles. The van der Waals surface area contributed by atoms with E-state index in [0.717, 1.165) is 18.5 Å². The van der Waals surface area contributed by atoms with Crippen molar-refractivity contribution in [3.05, 3.63) is 88.4 Å². The molecule has 1 unspecified atom stereocenters. The highest BCUT2D eigenvalue weighted by Gasteiger charge is 2.40. The molecule has 1 aromatic heterocycles. The van der Waals surface area contributed by atoms with Crippen LogP contribution in [0.3, 0.4) is 0 Å². The van der Waals surface area contributed by atoms with Crippen LogP contribution in [-0.4, -0.2) is 22.2 Å². The van der Waals surface area contributed by atoms with E-state index in [1.54, 1.807) is 17.1 Å². The van der Waals surface area contributed by atoms with Crippen molar-refractivity contribution >= 4 is 17.1 Å². The van der Waals surface area contributed by atoms with Crippen molar-refractivity contribution < 1.29 is 26.3 Å². The Labute approximate surface area is 226 Å². The topological polar surface area (TPSA) is 92.3 Å². The molecule has 0 amide bonds. The molecule has 0 saturated heterocycles. The van der Waals surface area contributed by atoms with Crippen molar-refractivity contribution in [2.75, 3.05) is 11.9 Å². The highest BCUT2D eigenvalue weighted by atomic mass is 19.4. The van der Waals surface area contributed by atoms with Crippen LogP contribution in [0, 0.1) is 0 Å². The third kappa shape index (κ3) is 5.56. The van der Waals surface area contributed by atoms with Gasteiger partial charge in [-0.05, 0) is 68.3 Å². The number of alkyl halides is 6. The molecule has 1 atom stereocenters. The van der Waals surface area contributed by atoms with Gasteiger partial charge in [-0.2, -0.15) is 31.4 Å². The summed E-state index contributed by atoms with van der Waals surface area (Å²) in [6.07, 6.45) is -4.42. The number of anilines is 1. The Morgan fingerprint density at radius 3 is 2.33 bits per heavy atom. The van der Waals surface area contributed by atoms with Crippen LogP contribution in [0.15, 0.2) is 60.0 Å². The summed E-state index contributed by atoms with van der Waals surface area (Å²) in [5, 5.41) is 13.5. The Hall–Kier alpha value is -3.84. The minimum Gasteiger partial charge on any atom is -0.351 e. The zero-order valence-corrected chi connectivity index (χ0v) is 21.6. The number of rotatable bonds is 4. The van der Waals surface area contributed by atoms with Crippen LogP contribution in [-0.2, 0) is 31.1 Å². The van der Waals surface area contributed by atoms with Crippen molar-refractivity contribution in [3.63, 3.8) is 0 Å². The number of aliphatic imine (C=N–C) groups is 1. The van der Waals surface area contributed by atoms with Crippen LogP contribution in [0.2, 0.25) is 0 Å². The molecule has 7 nitrogen and oxygen atoms in total. The lowest BCUT2D eigenvalue weighted by atomic mass is 9.98. The molecule has 2 aliphatic heterocycles. The molecule has 0 saturated carbocycles. The summed E-state index contributed by atoms with van der Waals surface area (Å²) in [6.45, 7) is 5.40. The molecule has 2 aromatic carbocycles. The number of hydrogen-bond acceptors (Lipinski definition) is 6. The predicted octanol–water partition coefficient (Wildman–Crippen LogP) is 5.37. The molecule has 40 heavy (non-hydrogen) atoms. The van der Waals surface area contributed by atoms with Gasteiger partial charge in [0, 0.05) is 47.4 Å². The van der Waals surface area contributed by atoms with Gasteiger partial charge in [-0.15, -0.1) is 0 Å². The molecule has 0 fully saturated rings. The van der Waals surface area contributed by atoms with E-state index in [9.17, 15) is 26.3 Å². The number of benzene rings is 2. The second-order valence-corrected chi connectivity index (χ2v) is 10.1. The van der Waals surface area contributed by atoms with Crippen molar-refractivity contribution in [1.29, 1.82) is 0 Å². The van der Waals surface area contributed by atoms with E-state index < -0.39 is 34.8 Å². The molecule has 5 rings (SSSR count). The Kier molecular flexibility index (Phi) is 6.91. The van der Waals surface area contributed by atoms with E-state index in [1.165, 1.54) is 11.8 Å². The zero-order valence-electron chi connectivity index (χ0n) is 21.6. The highest BCUT2D eigenvalue weighted by Crippen LogP contribution is 2.39. The summed E-state index contributed by atoms with van der Waals surface area (Å²) in [5.74, 6) is -1.99. The van der Waals surface area contributed by atoms with Crippen LogP contribution >= 0.6 is 0 Å². The first-order valence-electron chi connectivity index (χ1n) is 12.5. The lowest BCUT2D eigenvalue weighted by Crippen LogP contribution is -2.50. The lowest BCUT2D eigenvalue weighted by molar-refractivity contribution is -0.143. The summed E-state index contributed by atoms with van der Waals surface area (Å²) < 4.78 is 83.2. The minimum absolute atomic E-state index is 0.0480. The van der Waals surface area contributed by atoms with Crippen LogP contribution in [0.1, 0.15) is 53.3 Å². The van der Waals surface area contributed by atoms with E-state index in [1.807, 2.05) is 32.0 Å². The van der Waals surface area contributed by atoms with E-state index in [0.29, 0.717) is 35.5 Å². The van der Waals surface area contributed by atoms with Crippen molar-refractivity contribution in [1.82, 2.24) is 20.4 Å². The van der Waals surface area contributed by atoms with Crippen LogP contribution < -0.4 is 21.7 Å². The summed E-state index contributed by atoms with van der Waals surface area (Å²) >= 11 is 0. The molecular formula is C27H27F6N7. The Morgan fingerprint density at radius 1 is 1.00 bits per heavy atom. The predicted molar refractivity (Wildman–Crippen MR) is 139 cm³/mol. The van der Waals surface area contributed by atoms with Crippen LogP contribution in [0.4, 0.5) is 32.0 Å². The van der Waals surface area contributed by atoms with E-state index in [2.05, 4.69) is 26.0 Å². The van der Waals surface area contributed by atoms with Crippen LogP contribution in [0.5, 0.6) is 0 Å². The first kappa shape index (κ1) is 27.7. The number of fused-ring (bicyclic) bond motifs is 1. The number of hydrogen-bond donors (Lipinski definition) is 4. The van der Waals surface area contributed by atoms with Gasteiger partial charge in [0.2, 0.25) is 5.79 Å². The van der Waals surface area contributed by atoms with E-state index >= 15 is 0 Å². The molecule has 0 spiro atoms. The van der Waals surface area contributed by atoms with Crippen LogP contribution in [0.25, 0.3) is 5.57 Å². The molecule has 5 N–H and O–H groups in total. The van der Waals surface area contributed by atoms with Crippen molar-refractivity contribution in [3.8, 4) is 0 Å². The Balaban J connectivity index is 1.61. The second kappa shape index (κ2) is 9.97. The number of aromatic nitrogens is 2. The van der Waals surface area contributed by atoms with Crippen molar-refractivity contribution in [2.24, 2.45) is 10.7 Å². The number of halogens is 6. The highest BCUT2D eigenvalue weighted by molar-refractivity contribution is 6.28. The maximum atomic E-state index is 13.6. The van der Waals surface area contributed by atoms with E-state index in [-0.39, 0.29) is 17.9 Å². The molecule has 3 heterocycles. The summed E-state index contributed by atoms with van der Waals surface area (Å²) in [4.78, 5) is 4.47.